The monoisotopic (exact) mass is 286 g/mol. The van der Waals surface area contributed by atoms with Gasteiger partial charge in [-0.1, -0.05) is 6.07 Å². The Labute approximate surface area is 101 Å². The average molecular weight is 286 g/mol. The molecule has 8 heteroatoms. The van der Waals surface area contributed by atoms with E-state index < -0.39 is 39.3 Å². The summed E-state index contributed by atoms with van der Waals surface area (Å²) in [4.78, 5) is 0. The summed E-state index contributed by atoms with van der Waals surface area (Å²) in [5, 5.41) is 9.47. The molecule has 0 aromatic heterocycles. The molecule has 0 saturated heterocycles. The third-order valence-corrected chi connectivity index (χ3v) is 3.06. The SMILES string of the molecule is CS(=O)(=O)CC(O)c1ccc(F)c(C(F)(F)F)c1. The first-order chi connectivity index (χ1) is 8.00. The molecule has 0 amide bonds. The summed E-state index contributed by atoms with van der Waals surface area (Å²) >= 11 is 0. The summed E-state index contributed by atoms with van der Waals surface area (Å²) in [6.07, 6.45) is -5.68. The van der Waals surface area contributed by atoms with Crippen LogP contribution >= 0.6 is 0 Å². The van der Waals surface area contributed by atoms with Crippen LogP contribution in [-0.4, -0.2) is 25.5 Å². The van der Waals surface area contributed by atoms with E-state index in [0.717, 1.165) is 12.3 Å². The normalized spacial score (nSPS) is 14.6. The molecule has 0 heterocycles. The van der Waals surface area contributed by atoms with Crippen molar-refractivity contribution in [1.29, 1.82) is 0 Å². The van der Waals surface area contributed by atoms with Crippen LogP contribution in [0.25, 0.3) is 0 Å². The van der Waals surface area contributed by atoms with Crippen molar-refractivity contribution in [2.45, 2.75) is 12.3 Å². The van der Waals surface area contributed by atoms with Gasteiger partial charge in [0.25, 0.3) is 0 Å². The number of aliphatic hydroxyl groups excluding tert-OH is 1. The highest BCUT2D eigenvalue weighted by Gasteiger charge is 2.34. The summed E-state index contributed by atoms with van der Waals surface area (Å²) in [7, 11) is -3.55. The van der Waals surface area contributed by atoms with Gasteiger partial charge in [-0.05, 0) is 17.7 Å². The van der Waals surface area contributed by atoms with Crippen molar-refractivity contribution in [3.05, 3.63) is 35.1 Å². The van der Waals surface area contributed by atoms with Crippen LogP contribution in [0.1, 0.15) is 17.2 Å². The van der Waals surface area contributed by atoms with Crippen LogP contribution < -0.4 is 0 Å². The van der Waals surface area contributed by atoms with Gasteiger partial charge < -0.3 is 5.11 Å². The van der Waals surface area contributed by atoms with Gasteiger partial charge in [0, 0.05) is 6.26 Å². The minimum Gasteiger partial charge on any atom is -0.387 e. The molecule has 1 unspecified atom stereocenters. The van der Waals surface area contributed by atoms with Crippen molar-refractivity contribution in [1.82, 2.24) is 0 Å². The summed E-state index contributed by atoms with van der Waals surface area (Å²) in [6.45, 7) is 0. The second-order valence-corrected chi connectivity index (χ2v) is 6.03. The average Bonchev–Trinajstić information content (AvgIpc) is 2.13. The number of hydrogen-bond acceptors (Lipinski definition) is 3. The van der Waals surface area contributed by atoms with Crippen LogP contribution in [0.3, 0.4) is 0 Å². The molecule has 102 valence electrons. The first-order valence-corrected chi connectivity index (χ1v) is 6.79. The van der Waals surface area contributed by atoms with Crippen LogP contribution in [0.2, 0.25) is 0 Å². The molecule has 0 radical (unpaired) electrons. The first kappa shape index (κ1) is 14.9. The zero-order chi connectivity index (χ0) is 14.1. The zero-order valence-corrected chi connectivity index (χ0v) is 10.0. The van der Waals surface area contributed by atoms with E-state index in [1.165, 1.54) is 0 Å². The Kier molecular flexibility index (Phi) is 4.02. The Morgan fingerprint density at radius 3 is 2.33 bits per heavy atom. The van der Waals surface area contributed by atoms with Gasteiger partial charge in [-0.2, -0.15) is 13.2 Å². The van der Waals surface area contributed by atoms with E-state index in [2.05, 4.69) is 0 Å². The smallest absolute Gasteiger partial charge is 0.387 e. The Balaban J connectivity index is 3.13. The zero-order valence-electron chi connectivity index (χ0n) is 9.20. The van der Waals surface area contributed by atoms with Gasteiger partial charge in [0.05, 0.1) is 17.4 Å². The molecule has 1 N–H and O–H groups in total. The van der Waals surface area contributed by atoms with Crippen molar-refractivity contribution < 1.29 is 31.1 Å². The van der Waals surface area contributed by atoms with Crippen LogP contribution in [0.15, 0.2) is 18.2 Å². The highest BCUT2D eigenvalue weighted by atomic mass is 32.2. The highest BCUT2D eigenvalue weighted by molar-refractivity contribution is 7.90. The lowest BCUT2D eigenvalue weighted by Crippen LogP contribution is -2.15. The molecule has 1 rings (SSSR count). The fraction of sp³-hybridized carbons (Fsp3) is 0.400. The number of rotatable bonds is 3. The molecule has 18 heavy (non-hydrogen) atoms. The van der Waals surface area contributed by atoms with E-state index in [9.17, 15) is 31.1 Å². The lowest BCUT2D eigenvalue weighted by atomic mass is 10.1. The van der Waals surface area contributed by atoms with E-state index in [1.54, 1.807) is 0 Å². The molecule has 0 spiro atoms. The maximum absolute atomic E-state index is 12.9. The van der Waals surface area contributed by atoms with E-state index in [1.807, 2.05) is 0 Å². The molecular formula is C10H10F4O3S. The van der Waals surface area contributed by atoms with Crippen molar-refractivity contribution in [3.63, 3.8) is 0 Å². The molecule has 1 aromatic rings. The highest BCUT2D eigenvalue weighted by Crippen LogP contribution is 2.33. The number of aliphatic hydroxyl groups is 1. The summed E-state index contributed by atoms with van der Waals surface area (Å²) in [5.74, 6) is -2.20. The predicted molar refractivity (Wildman–Crippen MR) is 56.1 cm³/mol. The fourth-order valence-electron chi connectivity index (χ4n) is 1.35. The number of benzene rings is 1. The van der Waals surface area contributed by atoms with E-state index in [0.29, 0.717) is 12.1 Å². The lowest BCUT2D eigenvalue weighted by Gasteiger charge is -2.13. The molecular weight excluding hydrogens is 276 g/mol. The van der Waals surface area contributed by atoms with Gasteiger partial charge >= 0.3 is 6.18 Å². The molecule has 0 aliphatic heterocycles. The third-order valence-electron chi connectivity index (χ3n) is 2.14. The second-order valence-electron chi connectivity index (χ2n) is 3.85. The Bertz CT molecular complexity index is 537. The number of hydrogen-bond donors (Lipinski definition) is 1. The van der Waals surface area contributed by atoms with Crippen molar-refractivity contribution in [3.8, 4) is 0 Å². The molecule has 1 atom stereocenters. The van der Waals surface area contributed by atoms with Gasteiger partial charge in [-0.25, -0.2) is 12.8 Å². The predicted octanol–water partition coefficient (Wildman–Crippen LogP) is 1.92. The molecule has 0 aliphatic carbocycles. The quantitative estimate of drug-likeness (QED) is 0.864. The summed E-state index contributed by atoms with van der Waals surface area (Å²) < 4.78 is 71.9. The molecule has 3 nitrogen and oxygen atoms in total. The van der Waals surface area contributed by atoms with E-state index in [-0.39, 0.29) is 5.56 Å². The minimum absolute atomic E-state index is 0.297. The molecule has 0 saturated carbocycles. The number of sulfone groups is 1. The number of alkyl halides is 3. The summed E-state index contributed by atoms with van der Waals surface area (Å²) in [5.41, 5.74) is -1.83. The lowest BCUT2D eigenvalue weighted by molar-refractivity contribution is -0.140. The third kappa shape index (κ3) is 3.95. The maximum Gasteiger partial charge on any atom is 0.419 e. The minimum atomic E-state index is -4.90. The molecule has 0 bridgehead atoms. The standard InChI is InChI=1S/C10H10F4O3S/c1-18(16,17)5-9(15)6-2-3-8(11)7(4-6)10(12,13)14/h2-4,9,15H,5H2,1H3. The van der Waals surface area contributed by atoms with Gasteiger partial charge in [0.1, 0.15) is 15.7 Å². The number of halogens is 4. The topological polar surface area (TPSA) is 54.4 Å². The molecule has 1 aromatic carbocycles. The van der Waals surface area contributed by atoms with Crippen molar-refractivity contribution in [2.24, 2.45) is 0 Å². The Hall–Kier alpha value is -1.15. The van der Waals surface area contributed by atoms with Gasteiger partial charge in [-0.15, -0.1) is 0 Å². The fourth-order valence-corrected chi connectivity index (χ4v) is 2.12. The van der Waals surface area contributed by atoms with E-state index in [4.69, 9.17) is 0 Å². The molecule has 0 fully saturated rings. The Morgan fingerprint density at radius 1 is 1.33 bits per heavy atom. The first-order valence-electron chi connectivity index (χ1n) is 4.73. The van der Waals surface area contributed by atoms with Crippen LogP contribution in [0.5, 0.6) is 0 Å². The van der Waals surface area contributed by atoms with E-state index >= 15 is 0 Å². The molecule has 0 aliphatic rings. The van der Waals surface area contributed by atoms with Gasteiger partial charge in [0.15, 0.2) is 0 Å². The van der Waals surface area contributed by atoms with Gasteiger partial charge in [0.2, 0.25) is 0 Å². The second kappa shape index (κ2) is 4.85. The van der Waals surface area contributed by atoms with Crippen molar-refractivity contribution >= 4 is 9.84 Å². The summed E-state index contributed by atoms with van der Waals surface area (Å²) in [6, 6.07) is 1.87. The Morgan fingerprint density at radius 2 is 1.89 bits per heavy atom. The largest absolute Gasteiger partial charge is 0.419 e. The van der Waals surface area contributed by atoms with Crippen molar-refractivity contribution in [2.75, 3.05) is 12.0 Å². The van der Waals surface area contributed by atoms with Crippen LogP contribution in [-0.2, 0) is 16.0 Å². The van der Waals surface area contributed by atoms with Crippen LogP contribution in [0.4, 0.5) is 17.6 Å². The van der Waals surface area contributed by atoms with Crippen LogP contribution in [0, 0.1) is 5.82 Å². The van der Waals surface area contributed by atoms with Gasteiger partial charge in [-0.3, -0.25) is 0 Å². The maximum atomic E-state index is 12.9.